The van der Waals surface area contributed by atoms with E-state index in [0.717, 1.165) is 17.6 Å². The number of para-hydroxylation sites is 1. The number of nitrogens with one attached hydrogen (secondary N) is 3. The molecule has 0 aliphatic rings. The average Bonchev–Trinajstić information content (AvgIpc) is 3.01. The van der Waals surface area contributed by atoms with Crippen LogP contribution in [0.5, 0.6) is 0 Å². The van der Waals surface area contributed by atoms with Gasteiger partial charge in [-0.25, -0.2) is 0 Å². The predicted octanol–water partition coefficient (Wildman–Crippen LogP) is 4.24. The number of H-pyrrole nitrogens is 1. The van der Waals surface area contributed by atoms with E-state index in [1.807, 2.05) is 39.0 Å². The molecule has 29 heavy (non-hydrogen) atoms. The number of halogens is 1. The summed E-state index contributed by atoms with van der Waals surface area (Å²) < 4.78 is 0. The standard InChI is InChI=1S/C23H26ClN3O2/c1-14(2)21(27-22(28)16-8-10-17(24)11-9-16)23(29)25-13-12-18-15(3)26-20-7-5-4-6-19(18)20/h4-11,14,21,26H,12-13H2,1-3H3,(H,25,29)(H,27,28)/t21-/m1/s1. The van der Waals surface area contributed by atoms with Gasteiger partial charge in [-0.05, 0) is 55.2 Å². The molecule has 0 aliphatic carbocycles. The largest absolute Gasteiger partial charge is 0.358 e. The van der Waals surface area contributed by atoms with E-state index in [-0.39, 0.29) is 17.7 Å². The zero-order chi connectivity index (χ0) is 21.0. The van der Waals surface area contributed by atoms with Crippen molar-refractivity contribution in [2.75, 3.05) is 6.54 Å². The smallest absolute Gasteiger partial charge is 0.251 e. The number of aryl methyl sites for hydroxylation is 1. The van der Waals surface area contributed by atoms with Crippen molar-refractivity contribution in [2.24, 2.45) is 5.92 Å². The molecule has 2 aromatic carbocycles. The fourth-order valence-corrected chi connectivity index (χ4v) is 3.56. The summed E-state index contributed by atoms with van der Waals surface area (Å²) in [6.07, 6.45) is 0.720. The van der Waals surface area contributed by atoms with E-state index in [1.54, 1.807) is 24.3 Å². The quantitative estimate of drug-likeness (QED) is 0.544. The number of hydrogen-bond acceptors (Lipinski definition) is 2. The van der Waals surface area contributed by atoms with Crippen LogP contribution < -0.4 is 10.6 Å². The van der Waals surface area contributed by atoms with Gasteiger partial charge < -0.3 is 15.6 Å². The minimum Gasteiger partial charge on any atom is -0.358 e. The van der Waals surface area contributed by atoms with E-state index in [2.05, 4.69) is 21.7 Å². The first-order valence-corrected chi connectivity index (χ1v) is 10.1. The zero-order valence-electron chi connectivity index (χ0n) is 16.9. The maximum Gasteiger partial charge on any atom is 0.251 e. The molecule has 1 aromatic heterocycles. The van der Waals surface area contributed by atoms with Crippen LogP contribution in [0.2, 0.25) is 5.02 Å². The van der Waals surface area contributed by atoms with Crippen molar-refractivity contribution < 1.29 is 9.59 Å². The zero-order valence-corrected chi connectivity index (χ0v) is 17.6. The average molecular weight is 412 g/mol. The molecule has 0 bridgehead atoms. The molecule has 0 fully saturated rings. The first-order chi connectivity index (χ1) is 13.9. The minimum atomic E-state index is -0.609. The molecule has 152 valence electrons. The van der Waals surface area contributed by atoms with Gasteiger partial charge >= 0.3 is 0 Å². The number of aromatic nitrogens is 1. The number of rotatable bonds is 7. The van der Waals surface area contributed by atoms with Crippen molar-refractivity contribution in [1.82, 2.24) is 15.6 Å². The van der Waals surface area contributed by atoms with Gasteiger partial charge in [-0.15, -0.1) is 0 Å². The molecule has 0 saturated heterocycles. The molecule has 0 spiro atoms. The van der Waals surface area contributed by atoms with Gasteiger partial charge in [0.15, 0.2) is 0 Å². The van der Waals surface area contributed by atoms with Gasteiger partial charge in [0.25, 0.3) is 5.91 Å². The van der Waals surface area contributed by atoms with Crippen LogP contribution in [0, 0.1) is 12.8 Å². The molecule has 1 heterocycles. The maximum atomic E-state index is 12.7. The van der Waals surface area contributed by atoms with Gasteiger partial charge in [-0.3, -0.25) is 9.59 Å². The van der Waals surface area contributed by atoms with Crippen molar-refractivity contribution in [1.29, 1.82) is 0 Å². The Bertz CT molecular complexity index is 1010. The number of carbonyl (C=O) groups is 2. The second-order valence-corrected chi connectivity index (χ2v) is 7.95. The first kappa shape index (κ1) is 20.9. The molecule has 0 radical (unpaired) electrons. The number of benzene rings is 2. The van der Waals surface area contributed by atoms with Gasteiger partial charge in [0.05, 0.1) is 0 Å². The molecule has 3 N–H and O–H groups in total. The fraction of sp³-hybridized carbons (Fsp3) is 0.304. The molecule has 2 amide bonds. The summed E-state index contributed by atoms with van der Waals surface area (Å²) in [5, 5.41) is 7.55. The lowest BCUT2D eigenvalue weighted by atomic mass is 10.0. The summed E-state index contributed by atoms with van der Waals surface area (Å²) in [5.74, 6) is -0.510. The van der Waals surface area contributed by atoms with Crippen LogP contribution in [0.3, 0.4) is 0 Å². The van der Waals surface area contributed by atoms with E-state index in [9.17, 15) is 9.59 Å². The molecule has 3 rings (SSSR count). The van der Waals surface area contributed by atoms with Crippen molar-refractivity contribution in [3.05, 3.63) is 70.4 Å². The van der Waals surface area contributed by atoms with Crippen LogP contribution in [-0.4, -0.2) is 29.4 Å². The van der Waals surface area contributed by atoms with E-state index in [4.69, 9.17) is 11.6 Å². The predicted molar refractivity (Wildman–Crippen MR) is 117 cm³/mol. The molecular formula is C23H26ClN3O2. The third-order valence-electron chi connectivity index (χ3n) is 5.04. The second kappa shape index (κ2) is 9.14. The number of aromatic amines is 1. The first-order valence-electron chi connectivity index (χ1n) is 9.77. The number of hydrogen-bond donors (Lipinski definition) is 3. The van der Waals surface area contributed by atoms with Crippen molar-refractivity contribution in [2.45, 2.75) is 33.2 Å². The highest BCUT2D eigenvalue weighted by Crippen LogP contribution is 2.22. The molecular weight excluding hydrogens is 386 g/mol. The highest BCUT2D eigenvalue weighted by Gasteiger charge is 2.24. The number of fused-ring (bicyclic) bond motifs is 1. The van der Waals surface area contributed by atoms with Crippen LogP contribution in [0.4, 0.5) is 0 Å². The molecule has 0 aliphatic heterocycles. The Balaban J connectivity index is 1.61. The Kier molecular flexibility index (Phi) is 6.60. The van der Waals surface area contributed by atoms with E-state index in [0.29, 0.717) is 17.1 Å². The lowest BCUT2D eigenvalue weighted by Gasteiger charge is -2.22. The summed E-state index contributed by atoms with van der Waals surface area (Å²) in [5.41, 5.74) is 3.88. The third kappa shape index (κ3) is 4.98. The van der Waals surface area contributed by atoms with Crippen LogP contribution in [-0.2, 0) is 11.2 Å². The monoisotopic (exact) mass is 411 g/mol. The summed E-state index contributed by atoms with van der Waals surface area (Å²) in [7, 11) is 0. The van der Waals surface area contributed by atoms with Crippen molar-refractivity contribution >= 4 is 34.3 Å². The Labute approximate surface area is 175 Å². The molecule has 6 heteroatoms. The highest BCUT2D eigenvalue weighted by atomic mass is 35.5. The van der Waals surface area contributed by atoms with Gasteiger partial charge in [0.1, 0.15) is 6.04 Å². The van der Waals surface area contributed by atoms with E-state index in [1.165, 1.54) is 10.9 Å². The molecule has 1 atom stereocenters. The molecule has 5 nitrogen and oxygen atoms in total. The van der Waals surface area contributed by atoms with Crippen LogP contribution >= 0.6 is 11.6 Å². The molecule has 0 unspecified atom stereocenters. The lowest BCUT2D eigenvalue weighted by molar-refractivity contribution is -0.123. The van der Waals surface area contributed by atoms with Gasteiger partial charge in [-0.1, -0.05) is 43.6 Å². The normalized spacial score (nSPS) is 12.2. The van der Waals surface area contributed by atoms with Gasteiger partial charge in [-0.2, -0.15) is 0 Å². The Morgan fingerprint density at radius 1 is 1.07 bits per heavy atom. The Hall–Kier alpha value is -2.79. The van der Waals surface area contributed by atoms with Crippen LogP contribution in [0.1, 0.15) is 35.5 Å². The number of amides is 2. The summed E-state index contributed by atoms with van der Waals surface area (Å²) in [6, 6.07) is 14.1. The van der Waals surface area contributed by atoms with E-state index < -0.39 is 6.04 Å². The second-order valence-electron chi connectivity index (χ2n) is 7.52. The van der Waals surface area contributed by atoms with Gasteiger partial charge in [0.2, 0.25) is 5.91 Å². The SMILES string of the molecule is Cc1[nH]c2ccccc2c1CCNC(=O)[C@H](NC(=O)c1ccc(Cl)cc1)C(C)C. The Morgan fingerprint density at radius 3 is 2.45 bits per heavy atom. The summed E-state index contributed by atoms with van der Waals surface area (Å²) in [6.45, 7) is 6.37. The van der Waals surface area contributed by atoms with Crippen LogP contribution in [0.15, 0.2) is 48.5 Å². The summed E-state index contributed by atoms with van der Waals surface area (Å²) in [4.78, 5) is 28.6. The van der Waals surface area contributed by atoms with Crippen LogP contribution in [0.25, 0.3) is 10.9 Å². The maximum absolute atomic E-state index is 12.7. The lowest BCUT2D eigenvalue weighted by Crippen LogP contribution is -2.50. The molecule has 3 aromatic rings. The van der Waals surface area contributed by atoms with E-state index >= 15 is 0 Å². The minimum absolute atomic E-state index is 0.0407. The summed E-state index contributed by atoms with van der Waals surface area (Å²) >= 11 is 5.87. The number of carbonyl (C=O) groups excluding carboxylic acids is 2. The van der Waals surface area contributed by atoms with Crippen molar-refractivity contribution in [3.8, 4) is 0 Å². The topological polar surface area (TPSA) is 74.0 Å². The fourth-order valence-electron chi connectivity index (χ4n) is 3.44. The van der Waals surface area contributed by atoms with Crippen molar-refractivity contribution in [3.63, 3.8) is 0 Å². The molecule has 0 saturated carbocycles. The third-order valence-corrected chi connectivity index (χ3v) is 5.30. The highest BCUT2D eigenvalue weighted by molar-refractivity contribution is 6.30. The van der Waals surface area contributed by atoms with Gasteiger partial charge in [0, 0.05) is 33.7 Å². The Morgan fingerprint density at radius 2 is 1.76 bits per heavy atom.